The van der Waals surface area contributed by atoms with Crippen molar-refractivity contribution in [1.82, 2.24) is 0 Å². The molecule has 5 heteroatoms. The Kier molecular flexibility index (Phi) is 7.12. The number of carbonyl (C=O) groups excluding carboxylic acids is 1. The third-order valence-electron chi connectivity index (χ3n) is 4.02. The van der Waals surface area contributed by atoms with E-state index in [9.17, 15) is 4.79 Å². The summed E-state index contributed by atoms with van der Waals surface area (Å²) in [4.78, 5) is 12.6. The fourth-order valence-electron chi connectivity index (χ4n) is 2.57. The summed E-state index contributed by atoms with van der Waals surface area (Å²) in [5.74, 6) is 0.789. The number of esters is 1. The molecule has 1 aromatic carbocycles. The van der Waals surface area contributed by atoms with Gasteiger partial charge in [-0.05, 0) is 43.9 Å². The van der Waals surface area contributed by atoms with E-state index in [0.29, 0.717) is 28.7 Å². The van der Waals surface area contributed by atoms with Crippen LogP contribution in [0.2, 0.25) is 0 Å². The fraction of sp³-hybridized carbons (Fsp3) is 0.588. The van der Waals surface area contributed by atoms with Crippen molar-refractivity contribution in [2.45, 2.75) is 43.6 Å². The van der Waals surface area contributed by atoms with E-state index in [0.717, 1.165) is 19.3 Å². The van der Waals surface area contributed by atoms with Crippen LogP contribution in [0.25, 0.3) is 0 Å². The van der Waals surface area contributed by atoms with Crippen molar-refractivity contribution < 1.29 is 9.53 Å². The predicted octanol–water partition coefficient (Wildman–Crippen LogP) is 4.13. The van der Waals surface area contributed by atoms with E-state index in [-0.39, 0.29) is 11.9 Å². The normalized spacial score (nSPS) is 23.4. The number of hydrogen-bond acceptors (Lipinski definition) is 5. The van der Waals surface area contributed by atoms with Crippen molar-refractivity contribution >= 4 is 27.6 Å². The average Bonchev–Trinajstić information content (AvgIpc) is 2.51. The van der Waals surface area contributed by atoms with Crippen LogP contribution in [0, 0.1) is 11.8 Å². The highest BCUT2D eigenvalue weighted by molar-refractivity contribution is 8.80. The summed E-state index contributed by atoms with van der Waals surface area (Å²) in [6.45, 7) is 4.92. The molecule has 4 atom stereocenters. The quantitative estimate of drug-likeness (QED) is 0.438. The van der Waals surface area contributed by atoms with Crippen LogP contribution >= 0.6 is 21.6 Å². The van der Waals surface area contributed by atoms with Gasteiger partial charge in [0.15, 0.2) is 0 Å². The minimum absolute atomic E-state index is 0.0637. The van der Waals surface area contributed by atoms with E-state index >= 15 is 0 Å². The molecule has 1 aromatic rings. The zero-order chi connectivity index (χ0) is 15.9. The lowest BCUT2D eigenvalue weighted by molar-refractivity contribution is -0.139. The van der Waals surface area contributed by atoms with Gasteiger partial charge in [-0.15, -0.1) is 0 Å². The van der Waals surface area contributed by atoms with Gasteiger partial charge < -0.3 is 10.5 Å². The van der Waals surface area contributed by atoms with Crippen molar-refractivity contribution in [3.8, 4) is 5.75 Å². The SMILES string of the molecule is CCC1SSC1CC(CC(C)CN)C(=O)Oc1ccccc1. The lowest BCUT2D eigenvalue weighted by atomic mass is 9.90. The molecule has 0 aliphatic carbocycles. The molecule has 1 saturated heterocycles. The fourth-order valence-corrected chi connectivity index (χ4v) is 5.67. The van der Waals surface area contributed by atoms with Gasteiger partial charge in [-0.25, -0.2) is 0 Å². The molecule has 0 bridgehead atoms. The van der Waals surface area contributed by atoms with E-state index in [4.69, 9.17) is 10.5 Å². The lowest BCUT2D eigenvalue weighted by Gasteiger charge is -2.36. The molecule has 0 amide bonds. The smallest absolute Gasteiger partial charge is 0.314 e. The third-order valence-corrected chi connectivity index (χ3v) is 7.80. The number of ether oxygens (including phenoxy) is 1. The maximum atomic E-state index is 12.6. The number of carbonyl (C=O) groups is 1. The zero-order valence-corrected chi connectivity index (χ0v) is 14.9. The van der Waals surface area contributed by atoms with Crippen LogP contribution in [0.15, 0.2) is 30.3 Å². The van der Waals surface area contributed by atoms with Gasteiger partial charge in [0.25, 0.3) is 0 Å². The summed E-state index contributed by atoms with van der Waals surface area (Å²) in [6, 6.07) is 9.32. The molecule has 22 heavy (non-hydrogen) atoms. The Morgan fingerprint density at radius 1 is 1.27 bits per heavy atom. The lowest BCUT2D eigenvalue weighted by Crippen LogP contribution is -2.34. The van der Waals surface area contributed by atoms with Crippen molar-refractivity contribution in [1.29, 1.82) is 0 Å². The minimum Gasteiger partial charge on any atom is -0.426 e. The Hall–Kier alpha value is -0.650. The first kappa shape index (κ1) is 17.7. The molecular weight excluding hydrogens is 314 g/mol. The summed E-state index contributed by atoms with van der Waals surface area (Å²) >= 11 is 0. The molecule has 0 radical (unpaired) electrons. The van der Waals surface area contributed by atoms with Crippen LogP contribution in [-0.4, -0.2) is 23.0 Å². The molecule has 1 fully saturated rings. The molecular formula is C17H25NO2S2. The predicted molar refractivity (Wildman–Crippen MR) is 96.1 cm³/mol. The van der Waals surface area contributed by atoms with Gasteiger partial charge in [0.1, 0.15) is 5.75 Å². The van der Waals surface area contributed by atoms with Gasteiger partial charge in [-0.2, -0.15) is 0 Å². The number of rotatable bonds is 8. The first-order valence-electron chi connectivity index (χ1n) is 7.93. The third kappa shape index (κ3) is 4.93. The summed E-state index contributed by atoms with van der Waals surface area (Å²) in [5.41, 5.74) is 5.74. The average molecular weight is 340 g/mol. The van der Waals surface area contributed by atoms with Crippen molar-refractivity contribution in [2.24, 2.45) is 17.6 Å². The Bertz CT molecular complexity index is 467. The monoisotopic (exact) mass is 339 g/mol. The maximum Gasteiger partial charge on any atom is 0.314 e. The Morgan fingerprint density at radius 2 is 1.95 bits per heavy atom. The largest absolute Gasteiger partial charge is 0.426 e. The second-order valence-electron chi connectivity index (χ2n) is 5.92. The molecule has 0 saturated carbocycles. The van der Waals surface area contributed by atoms with E-state index in [2.05, 4.69) is 13.8 Å². The standard InChI is InChI=1S/C17H25NO2S2/c1-3-15-16(22-21-15)10-13(9-12(2)11-18)17(19)20-14-7-5-4-6-8-14/h4-8,12-13,15-16H,3,9-11,18H2,1-2H3. The zero-order valence-electron chi connectivity index (χ0n) is 13.2. The number of para-hydroxylation sites is 1. The Balaban J connectivity index is 1.98. The first-order chi connectivity index (χ1) is 10.6. The molecule has 1 aliphatic rings. The van der Waals surface area contributed by atoms with Crippen LogP contribution in [0.3, 0.4) is 0 Å². The van der Waals surface area contributed by atoms with Crippen LogP contribution < -0.4 is 10.5 Å². The first-order valence-corrected chi connectivity index (χ1v) is 10.2. The van der Waals surface area contributed by atoms with Crippen LogP contribution in [0.1, 0.15) is 33.1 Å². The Labute approximate surface area is 141 Å². The van der Waals surface area contributed by atoms with Gasteiger partial charge >= 0.3 is 5.97 Å². The number of hydrogen-bond donors (Lipinski definition) is 1. The van der Waals surface area contributed by atoms with Gasteiger partial charge in [0, 0.05) is 10.5 Å². The number of benzene rings is 1. The molecule has 4 unspecified atom stereocenters. The number of nitrogens with two attached hydrogens (primary N) is 1. The minimum atomic E-state index is -0.112. The molecule has 1 heterocycles. The summed E-state index contributed by atoms with van der Waals surface area (Å²) in [5, 5.41) is 1.23. The van der Waals surface area contributed by atoms with Crippen LogP contribution in [0.5, 0.6) is 5.75 Å². The van der Waals surface area contributed by atoms with Crippen molar-refractivity contribution in [3.63, 3.8) is 0 Å². The molecule has 0 spiro atoms. The Morgan fingerprint density at radius 3 is 2.50 bits per heavy atom. The molecule has 0 aromatic heterocycles. The van der Waals surface area contributed by atoms with Gasteiger partial charge in [0.2, 0.25) is 0 Å². The van der Waals surface area contributed by atoms with Crippen molar-refractivity contribution in [2.75, 3.05) is 6.54 Å². The van der Waals surface area contributed by atoms with E-state index in [1.165, 1.54) is 0 Å². The van der Waals surface area contributed by atoms with E-state index < -0.39 is 0 Å². The molecule has 2 rings (SSSR count). The second kappa shape index (κ2) is 8.85. The van der Waals surface area contributed by atoms with Crippen LogP contribution in [-0.2, 0) is 4.79 Å². The van der Waals surface area contributed by atoms with Gasteiger partial charge in [-0.3, -0.25) is 4.79 Å². The second-order valence-corrected chi connectivity index (χ2v) is 8.67. The molecule has 2 N–H and O–H groups in total. The highest BCUT2D eigenvalue weighted by Crippen LogP contribution is 2.52. The van der Waals surface area contributed by atoms with Crippen molar-refractivity contribution in [3.05, 3.63) is 30.3 Å². The highest BCUT2D eigenvalue weighted by atomic mass is 33.1. The van der Waals surface area contributed by atoms with E-state index in [1.54, 1.807) is 0 Å². The maximum absolute atomic E-state index is 12.6. The highest BCUT2D eigenvalue weighted by Gasteiger charge is 2.36. The topological polar surface area (TPSA) is 52.3 Å². The van der Waals surface area contributed by atoms with Gasteiger partial charge in [0.05, 0.1) is 5.92 Å². The summed E-state index contributed by atoms with van der Waals surface area (Å²) in [7, 11) is 3.84. The van der Waals surface area contributed by atoms with E-state index in [1.807, 2.05) is 51.9 Å². The van der Waals surface area contributed by atoms with Gasteiger partial charge in [-0.1, -0.05) is 53.6 Å². The summed E-state index contributed by atoms with van der Waals surface area (Å²) in [6.07, 6.45) is 2.86. The van der Waals surface area contributed by atoms with Crippen LogP contribution in [0.4, 0.5) is 0 Å². The molecule has 122 valence electrons. The molecule has 3 nitrogen and oxygen atoms in total. The molecule has 1 aliphatic heterocycles. The summed E-state index contributed by atoms with van der Waals surface area (Å²) < 4.78 is 5.56.